The molecule has 1 amide bonds. The Morgan fingerprint density at radius 1 is 1.38 bits per heavy atom. The largest absolute Gasteiger partial charge is 0.466 e. The number of hydrogen-bond acceptors (Lipinski definition) is 4. The zero-order valence-electron chi connectivity index (χ0n) is 12.7. The molecule has 2 atom stereocenters. The van der Waals surface area contributed by atoms with Crippen molar-refractivity contribution in [3.05, 3.63) is 35.9 Å². The van der Waals surface area contributed by atoms with Crippen molar-refractivity contribution in [1.29, 1.82) is 0 Å². The number of carbonyl (C=O) groups is 2. The molecule has 1 heterocycles. The van der Waals surface area contributed by atoms with Gasteiger partial charge in [0, 0.05) is 6.54 Å². The maximum absolute atomic E-state index is 12.3. The number of ether oxygens (including phenoxy) is 2. The molecule has 1 fully saturated rings. The average Bonchev–Trinajstić information content (AvgIpc) is 2.63. The molecule has 0 bridgehead atoms. The first-order chi connectivity index (χ1) is 9.96. The molecule has 21 heavy (non-hydrogen) atoms. The number of amides is 1. The molecule has 2 unspecified atom stereocenters. The third kappa shape index (κ3) is 3.42. The fourth-order valence-corrected chi connectivity index (χ4v) is 2.58. The van der Waals surface area contributed by atoms with E-state index in [4.69, 9.17) is 9.47 Å². The molecule has 1 aliphatic heterocycles. The van der Waals surface area contributed by atoms with Gasteiger partial charge in [-0.3, -0.25) is 9.59 Å². The minimum atomic E-state index is -0.960. The van der Waals surface area contributed by atoms with E-state index >= 15 is 0 Å². The van der Waals surface area contributed by atoms with Crippen LogP contribution in [0, 0.1) is 0 Å². The van der Waals surface area contributed by atoms with Gasteiger partial charge in [-0.1, -0.05) is 30.3 Å². The summed E-state index contributed by atoms with van der Waals surface area (Å²) < 4.78 is 10.7. The number of hydrogen-bond donors (Lipinski definition) is 0. The second kappa shape index (κ2) is 6.26. The first kappa shape index (κ1) is 15.5. The summed E-state index contributed by atoms with van der Waals surface area (Å²) in [6.07, 6.45) is -0.517. The van der Waals surface area contributed by atoms with Crippen LogP contribution in [-0.4, -0.2) is 35.2 Å². The molecule has 1 aliphatic rings. The molecule has 1 aromatic carbocycles. The quantitative estimate of drug-likeness (QED) is 0.780. The highest BCUT2D eigenvalue weighted by atomic mass is 16.6. The minimum Gasteiger partial charge on any atom is -0.466 e. The number of carbonyl (C=O) groups excluding carboxylic acids is 2. The summed E-state index contributed by atoms with van der Waals surface area (Å²) in [6, 6.07) is 9.65. The van der Waals surface area contributed by atoms with E-state index in [1.807, 2.05) is 30.3 Å². The third-order valence-electron chi connectivity index (χ3n) is 3.58. The SMILES string of the molecule is CCOC(=O)CC1(C)OC(C)C(=O)N1Cc1ccccc1. The molecule has 5 heteroatoms. The molecular weight excluding hydrogens is 270 g/mol. The highest BCUT2D eigenvalue weighted by molar-refractivity contribution is 5.84. The molecule has 1 aromatic rings. The van der Waals surface area contributed by atoms with Crippen LogP contribution in [0.2, 0.25) is 0 Å². The van der Waals surface area contributed by atoms with Crippen LogP contribution in [0.15, 0.2) is 30.3 Å². The van der Waals surface area contributed by atoms with Gasteiger partial charge in [-0.25, -0.2) is 0 Å². The van der Waals surface area contributed by atoms with Crippen molar-refractivity contribution in [2.24, 2.45) is 0 Å². The van der Waals surface area contributed by atoms with Crippen LogP contribution >= 0.6 is 0 Å². The molecule has 5 nitrogen and oxygen atoms in total. The van der Waals surface area contributed by atoms with Gasteiger partial charge < -0.3 is 14.4 Å². The normalized spacial score (nSPS) is 25.2. The van der Waals surface area contributed by atoms with Gasteiger partial charge in [-0.2, -0.15) is 0 Å². The van der Waals surface area contributed by atoms with Crippen LogP contribution in [0.5, 0.6) is 0 Å². The van der Waals surface area contributed by atoms with E-state index in [-0.39, 0.29) is 18.3 Å². The van der Waals surface area contributed by atoms with Crippen LogP contribution < -0.4 is 0 Å². The molecule has 0 N–H and O–H groups in total. The lowest BCUT2D eigenvalue weighted by Crippen LogP contribution is -2.45. The van der Waals surface area contributed by atoms with Gasteiger partial charge in [0.1, 0.15) is 6.10 Å². The third-order valence-corrected chi connectivity index (χ3v) is 3.58. The zero-order valence-corrected chi connectivity index (χ0v) is 12.7. The fourth-order valence-electron chi connectivity index (χ4n) is 2.58. The van der Waals surface area contributed by atoms with E-state index in [1.165, 1.54) is 0 Å². The Balaban J connectivity index is 2.18. The van der Waals surface area contributed by atoms with Crippen molar-refractivity contribution in [2.45, 2.75) is 45.6 Å². The van der Waals surface area contributed by atoms with Crippen LogP contribution in [-0.2, 0) is 25.6 Å². The first-order valence-corrected chi connectivity index (χ1v) is 7.15. The lowest BCUT2D eigenvalue weighted by Gasteiger charge is -2.32. The lowest BCUT2D eigenvalue weighted by atomic mass is 10.1. The molecule has 0 spiro atoms. The molecule has 114 valence electrons. The van der Waals surface area contributed by atoms with Gasteiger partial charge in [0.05, 0.1) is 13.0 Å². The van der Waals surface area contributed by atoms with Crippen molar-refractivity contribution in [1.82, 2.24) is 4.90 Å². The maximum Gasteiger partial charge on any atom is 0.310 e. The predicted octanol–water partition coefficient (Wildman–Crippen LogP) is 2.10. The standard InChI is InChI=1S/C16H21NO4/c1-4-20-14(18)10-16(3)17(15(19)12(2)21-16)11-13-8-6-5-7-9-13/h5-9,12H,4,10-11H2,1-3H3. The van der Waals surface area contributed by atoms with Gasteiger partial charge >= 0.3 is 5.97 Å². The van der Waals surface area contributed by atoms with Crippen LogP contribution in [0.4, 0.5) is 0 Å². The number of rotatable bonds is 5. The molecule has 0 radical (unpaired) electrons. The number of esters is 1. The van der Waals surface area contributed by atoms with E-state index in [0.717, 1.165) is 5.56 Å². The van der Waals surface area contributed by atoms with E-state index in [2.05, 4.69) is 0 Å². The van der Waals surface area contributed by atoms with Crippen molar-refractivity contribution in [2.75, 3.05) is 6.61 Å². The summed E-state index contributed by atoms with van der Waals surface area (Å²) in [5.74, 6) is -0.467. The summed E-state index contributed by atoms with van der Waals surface area (Å²) in [5, 5.41) is 0. The van der Waals surface area contributed by atoms with Crippen molar-refractivity contribution in [3.8, 4) is 0 Å². The van der Waals surface area contributed by atoms with Crippen LogP contribution in [0.1, 0.15) is 32.8 Å². The topological polar surface area (TPSA) is 55.8 Å². The monoisotopic (exact) mass is 291 g/mol. The van der Waals surface area contributed by atoms with Gasteiger partial charge in [0.2, 0.25) is 0 Å². The first-order valence-electron chi connectivity index (χ1n) is 7.15. The van der Waals surface area contributed by atoms with Gasteiger partial charge in [-0.05, 0) is 26.3 Å². The van der Waals surface area contributed by atoms with Gasteiger partial charge in [-0.15, -0.1) is 0 Å². The Hall–Kier alpha value is -1.88. The number of benzene rings is 1. The van der Waals surface area contributed by atoms with Crippen molar-refractivity contribution >= 4 is 11.9 Å². The van der Waals surface area contributed by atoms with Crippen molar-refractivity contribution in [3.63, 3.8) is 0 Å². The zero-order chi connectivity index (χ0) is 15.5. The van der Waals surface area contributed by atoms with E-state index in [9.17, 15) is 9.59 Å². The van der Waals surface area contributed by atoms with E-state index < -0.39 is 11.8 Å². The summed E-state index contributed by atoms with van der Waals surface area (Å²) in [6.45, 7) is 5.95. The summed E-state index contributed by atoms with van der Waals surface area (Å²) in [4.78, 5) is 25.7. The Labute approximate surface area is 124 Å². The summed E-state index contributed by atoms with van der Waals surface area (Å²) >= 11 is 0. The summed E-state index contributed by atoms with van der Waals surface area (Å²) in [5.41, 5.74) is 0.0390. The van der Waals surface area contributed by atoms with Gasteiger partial charge in [0.15, 0.2) is 5.72 Å². The molecule has 0 aliphatic carbocycles. The Kier molecular flexibility index (Phi) is 4.63. The van der Waals surface area contributed by atoms with Crippen LogP contribution in [0.25, 0.3) is 0 Å². The van der Waals surface area contributed by atoms with E-state index in [1.54, 1.807) is 25.7 Å². The highest BCUT2D eigenvalue weighted by Gasteiger charge is 2.48. The lowest BCUT2D eigenvalue weighted by molar-refractivity contribution is -0.158. The Bertz CT molecular complexity index is 516. The Morgan fingerprint density at radius 3 is 2.67 bits per heavy atom. The molecule has 1 saturated heterocycles. The van der Waals surface area contributed by atoms with Crippen molar-refractivity contribution < 1.29 is 19.1 Å². The molecule has 0 saturated carbocycles. The highest BCUT2D eigenvalue weighted by Crippen LogP contribution is 2.33. The Morgan fingerprint density at radius 2 is 2.05 bits per heavy atom. The molecule has 0 aromatic heterocycles. The van der Waals surface area contributed by atoms with Gasteiger partial charge in [0.25, 0.3) is 5.91 Å². The fraction of sp³-hybridized carbons (Fsp3) is 0.500. The molecular formula is C16H21NO4. The van der Waals surface area contributed by atoms with E-state index in [0.29, 0.717) is 13.2 Å². The predicted molar refractivity (Wildman–Crippen MR) is 77.2 cm³/mol. The number of nitrogens with zero attached hydrogens (tertiary/aromatic N) is 1. The second-order valence-electron chi connectivity index (χ2n) is 5.33. The smallest absolute Gasteiger partial charge is 0.310 e. The average molecular weight is 291 g/mol. The minimum absolute atomic E-state index is 0.0315. The molecule has 2 rings (SSSR count). The summed E-state index contributed by atoms with van der Waals surface area (Å²) in [7, 11) is 0. The maximum atomic E-state index is 12.3. The second-order valence-corrected chi connectivity index (χ2v) is 5.33. The van der Waals surface area contributed by atoms with Crippen LogP contribution in [0.3, 0.4) is 0 Å².